The van der Waals surface area contributed by atoms with E-state index in [4.69, 9.17) is 9.26 Å². The highest BCUT2D eigenvalue weighted by molar-refractivity contribution is 5.39. The van der Waals surface area contributed by atoms with Gasteiger partial charge in [0.25, 0.3) is 0 Å². The second-order valence-electron chi connectivity index (χ2n) is 5.24. The van der Waals surface area contributed by atoms with E-state index in [2.05, 4.69) is 42.3 Å². The van der Waals surface area contributed by atoms with E-state index in [1.54, 1.807) is 6.92 Å². The van der Waals surface area contributed by atoms with E-state index >= 15 is 0 Å². The zero-order valence-electron chi connectivity index (χ0n) is 13.1. The molecule has 0 aliphatic rings. The Morgan fingerprint density at radius 2 is 2.14 bits per heavy atom. The quantitative estimate of drug-likeness (QED) is 0.847. The molecule has 1 heterocycles. The zero-order chi connectivity index (χ0) is 15.2. The van der Waals surface area contributed by atoms with Gasteiger partial charge in [-0.2, -0.15) is 4.98 Å². The molecule has 1 atom stereocenters. The first-order valence-corrected chi connectivity index (χ1v) is 7.36. The Hall–Kier alpha value is -1.88. The van der Waals surface area contributed by atoms with Crippen molar-refractivity contribution in [1.82, 2.24) is 15.5 Å². The molecule has 0 bridgehead atoms. The Kier molecular flexibility index (Phi) is 5.33. The molecule has 0 radical (unpaired) electrons. The molecule has 0 aliphatic carbocycles. The SMILES string of the molecule is CCCNC(C)c1cc(C)ccc1OCc1noc(C)n1. The molecule has 21 heavy (non-hydrogen) atoms. The van der Waals surface area contributed by atoms with Crippen LogP contribution in [0.15, 0.2) is 22.7 Å². The van der Waals surface area contributed by atoms with Crippen LogP contribution in [0.4, 0.5) is 0 Å². The van der Waals surface area contributed by atoms with Crippen molar-refractivity contribution in [3.8, 4) is 5.75 Å². The Labute approximate surface area is 125 Å². The fourth-order valence-electron chi connectivity index (χ4n) is 2.15. The van der Waals surface area contributed by atoms with Crippen molar-refractivity contribution in [2.75, 3.05) is 6.54 Å². The fourth-order valence-corrected chi connectivity index (χ4v) is 2.15. The van der Waals surface area contributed by atoms with Gasteiger partial charge in [0.05, 0.1) is 0 Å². The highest BCUT2D eigenvalue weighted by Crippen LogP contribution is 2.27. The van der Waals surface area contributed by atoms with Gasteiger partial charge in [-0.05, 0) is 32.9 Å². The van der Waals surface area contributed by atoms with Crippen molar-refractivity contribution in [1.29, 1.82) is 0 Å². The molecule has 0 spiro atoms. The number of aromatic nitrogens is 2. The van der Waals surface area contributed by atoms with Gasteiger partial charge in [0.1, 0.15) is 5.75 Å². The van der Waals surface area contributed by atoms with Gasteiger partial charge in [0.2, 0.25) is 11.7 Å². The number of nitrogens with one attached hydrogen (secondary N) is 1. The smallest absolute Gasteiger partial charge is 0.223 e. The minimum Gasteiger partial charge on any atom is -0.485 e. The lowest BCUT2D eigenvalue weighted by Gasteiger charge is -2.18. The summed E-state index contributed by atoms with van der Waals surface area (Å²) in [6.07, 6.45) is 1.11. The fraction of sp³-hybridized carbons (Fsp3) is 0.500. The van der Waals surface area contributed by atoms with E-state index in [1.165, 1.54) is 5.56 Å². The van der Waals surface area contributed by atoms with E-state index < -0.39 is 0 Å². The molecule has 1 unspecified atom stereocenters. The third kappa shape index (κ3) is 4.29. The summed E-state index contributed by atoms with van der Waals surface area (Å²) in [5.74, 6) is 1.98. The summed E-state index contributed by atoms with van der Waals surface area (Å²) in [5.41, 5.74) is 2.38. The summed E-state index contributed by atoms with van der Waals surface area (Å²) in [6.45, 7) is 9.46. The molecular weight excluding hydrogens is 266 g/mol. The summed E-state index contributed by atoms with van der Waals surface area (Å²) in [6, 6.07) is 6.45. The molecule has 114 valence electrons. The maximum Gasteiger partial charge on any atom is 0.223 e. The third-order valence-electron chi connectivity index (χ3n) is 3.26. The second kappa shape index (κ2) is 7.22. The van der Waals surface area contributed by atoms with Crippen molar-refractivity contribution in [2.45, 2.75) is 46.8 Å². The molecular formula is C16H23N3O2. The van der Waals surface area contributed by atoms with Crippen LogP contribution in [0.5, 0.6) is 5.75 Å². The number of hydrogen-bond acceptors (Lipinski definition) is 5. The topological polar surface area (TPSA) is 60.2 Å². The first-order valence-electron chi connectivity index (χ1n) is 7.36. The maximum atomic E-state index is 5.87. The molecule has 2 rings (SSSR count). The van der Waals surface area contributed by atoms with Crippen LogP contribution in [-0.4, -0.2) is 16.7 Å². The first-order chi connectivity index (χ1) is 10.1. The molecule has 0 amide bonds. The average molecular weight is 289 g/mol. The van der Waals surface area contributed by atoms with Gasteiger partial charge in [-0.3, -0.25) is 0 Å². The molecule has 5 heteroatoms. The standard InChI is InChI=1S/C16H23N3O2/c1-5-8-17-12(3)14-9-11(2)6-7-15(14)20-10-16-18-13(4)21-19-16/h6-7,9,12,17H,5,8,10H2,1-4H3. The van der Waals surface area contributed by atoms with Gasteiger partial charge in [-0.1, -0.05) is 29.8 Å². The summed E-state index contributed by atoms with van der Waals surface area (Å²) in [5, 5.41) is 7.33. The summed E-state index contributed by atoms with van der Waals surface area (Å²) in [4.78, 5) is 4.15. The van der Waals surface area contributed by atoms with Crippen LogP contribution in [0.1, 0.15) is 49.2 Å². The van der Waals surface area contributed by atoms with E-state index in [0.29, 0.717) is 18.3 Å². The van der Waals surface area contributed by atoms with Crippen molar-refractivity contribution in [2.24, 2.45) is 0 Å². The van der Waals surface area contributed by atoms with Gasteiger partial charge in [-0.15, -0.1) is 0 Å². The molecule has 0 saturated carbocycles. The van der Waals surface area contributed by atoms with Crippen LogP contribution in [0.3, 0.4) is 0 Å². The number of aryl methyl sites for hydroxylation is 2. The largest absolute Gasteiger partial charge is 0.485 e. The van der Waals surface area contributed by atoms with Gasteiger partial charge in [0.15, 0.2) is 6.61 Å². The summed E-state index contributed by atoms with van der Waals surface area (Å²) < 4.78 is 10.8. The molecule has 0 aliphatic heterocycles. The van der Waals surface area contributed by atoms with Crippen LogP contribution in [0.25, 0.3) is 0 Å². The number of hydrogen-bond donors (Lipinski definition) is 1. The van der Waals surface area contributed by atoms with Crippen LogP contribution in [0, 0.1) is 13.8 Å². The Morgan fingerprint density at radius 3 is 2.81 bits per heavy atom. The number of benzene rings is 1. The lowest BCUT2D eigenvalue weighted by atomic mass is 10.0. The Morgan fingerprint density at radius 1 is 1.33 bits per heavy atom. The predicted octanol–water partition coefficient (Wildman–Crippen LogP) is 3.33. The average Bonchev–Trinajstić information content (AvgIpc) is 2.89. The van der Waals surface area contributed by atoms with Crippen molar-refractivity contribution in [3.63, 3.8) is 0 Å². The predicted molar refractivity (Wildman–Crippen MR) is 81.3 cm³/mol. The number of nitrogens with zero attached hydrogens (tertiary/aromatic N) is 2. The number of ether oxygens (including phenoxy) is 1. The first kappa shape index (κ1) is 15.5. The minimum atomic E-state index is 0.242. The van der Waals surface area contributed by atoms with Gasteiger partial charge in [-0.25, -0.2) is 0 Å². The summed E-state index contributed by atoms with van der Waals surface area (Å²) >= 11 is 0. The lowest BCUT2D eigenvalue weighted by Crippen LogP contribution is -2.20. The molecule has 5 nitrogen and oxygen atoms in total. The van der Waals surface area contributed by atoms with Crippen LogP contribution >= 0.6 is 0 Å². The van der Waals surface area contributed by atoms with Crippen molar-refractivity contribution < 1.29 is 9.26 Å². The number of rotatable bonds is 7. The minimum absolute atomic E-state index is 0.242. The summed E-state index contributed by atoms with van der Waals surface area (Å²) in [7, 11) is 0. The van der Waals surface area contributed by atoms with Crippen molar-refractivity contribution in [3.05, 3.63) is 41.0 Å². The van der Waals surface area contributed by atoms with Crippen molar-refractivity contribution >= 4 is 0 Å². The molecule has 1 aromatic carbocycles. The molecule has 2 aromatic rings. The van der Waals surface area contributed by atoms with E-state index in [9.17, 15) is 0 Å². The van der Waals surface area contributed by atoms with Crippen LogP contribution < -0.4 is 10.1 Å². The van der Waals surface area contributed by atoms with E-state index in [0.717, 1.165) is 24.3 Å². The highest BCUT2D eigenvalue weighted by atomic mass is 16.5. The third-order valence-corrected chi connectivity index (χ3v) is 3.26. The molecule has 0 fully saturated rings. The maximum absolute atomic E-state index is 5.87. The Bertz CT molecular complexity index is 581. The zero-order valence-corrected chi connectivity index (χ0v) is 13.1. The van der Waals surface area contributed by atoms with Gasteiger partial charge >= 0.3 is 0 Å². The molecule has 1 aromatic heterocycles. The second-order valence-corrected chi connectivity index (χ2v) is 5.24. The van der Waals surface area contributed by atoms with Crippen LogP contribution in [0.2, 0.25) is 0 Å². The van der Waals surface area contributed by atoms with Crippen LogP contribution in [-0.2, 0) is 6.61 Å². The van der Waals surface area contributed by atoms with E-state index in [1.807, 2.05) is 12.1 Å². The van der Waals surface area contributed by atoms with Gasteiger partial charge < -0.3 is 14.6 Å². The normalized spacial score (nSPS) is 12.4. The monoisotopic (exact) mass is 289 g/mol. The lowest BCUT2D eigenvalue weighted by molar-refractivity contribution is 0.280. The van der Waals surface area contributed by atoms with E-state index in [-0.39, 0.29) is 6.04 Å². The molecule has 0 saturated heterocycles. The van der Waals surface area contributed by atoms with Gasteiger partial charge in [0, 0.05) is 18.5 Å². The highest BCUT2D eigenvalue weighted by Gasteiger charge is 2.12. The molecule has 1 N–H and O–H groups in total. The Balaban J connectivity index is 2.10.